The first-order valence-electron chi connectivity index (χ1n) is 13.7. The molecule has 0 radical (unpaired) electrons. The molecule has 4 rings (SSSR count). The zero-order valence-corrected chi connectivity index (χ0v) is 27.8. The van der Waals surface area contributed by atoms with Crippen molar-refractivity contribution in [2.24, 2.45) is 5.41 Å². The van der Waals surface area contributed by atoms with Crippen LogP contribution >= 0.6 is 22.9 Å². The van der Waals surface area contributed by atoms with Crippen LogP contribution in [-0.4, -0.2) is 63.4 Å². The molecule has 13 heteroatoms. The van der Waals surface area contributed by atoms with Gasteiger partial charge in [-0.3, -0.25) is 9.29 Å². The zero-order chi connectivity index (χ0) is 31.6. The van der Waals surface area contributed by atoms with Crippen molar-refractivity contribution in [3.8, 4) is 17.2 Å². The van der Waals surface area contributed by atoms with E-state index in [4.69, 9.17) is 30.5 Å². The monoisotopic (exact) mass is 651 g/mol. The molecule has 1 saturated heterocycles. The second-order valence-corrected chi connectivity index (χ2v) is 15.0. The predicted molar refractivity (Wildman–Crippen MR) is 167 cm³/mol. The van der Waals surface area contributed by atoms with Crippen molar-refractivity contribution in [1.82, 2.24) is 9.88 Å². The highest BCUT2D eigenvalue weighted by Crippen LogP contribution is 2.38. The van der Waals surface area contributed by atoms with Crippen molar-refractivity contribution in [2.75, 3.05) is 31.6 Å². The van der Waals surface area contributed by atoms with Crippen molar-refractivity contribution in [3.05, 3.63) is 58.7 Å². The van der Waals surface area contributed by atoms with E-state index in [-0.39, 0.29) is 28.7 Å². The maximum absolute atomic E-state index is 14.0. The van der Waals surface area contributed by atoms with Gasteiger partial charge >= 0.3 is 6.09 Å². The molecule has 234 valence electrons. The number of hydrogen-bond donors (Lipinski definition) is 0. The first kappa shape index (κ1) is 32.7. The number of amides is 1. The summed E-state index contributed by atoms with van der Waals surface area (Å²) in [4.78, 5) is 18.4. The van der Waals surface area contributed by atoms with Crippen LogP contribution in [0.3, 0.4) is 0 Å². The maximum Gasteiger partial charge on any atom is 0.410 e. The van der Waals surface area contributed by atoms with Crippen LogP contribution in [0.2, 0.25) is 5.02 Å². The van der Waals surface area contributed by atoms with Gasteiger partial charge in [0.1, 0.15) is 34.0 Å². The molecule has 0 N–H and O–H groups in total. The molecule has 1 aliphatic rings. The van der Waals surface area contributed by atoms with Crippen LogP contribution in [0.25, 0.3) is 0 Å². The Morgan fingerprint density at radius 1 is 1.14 bits per heavy atom. The van der Waals surface area contributed by atoms with Crippen molar-refractivity contribution in [2.45, 2.75) is 64.2 Å². The van der Waals surface area contributed by atoms with Crippen molar-refractivity contribution in [1.29, 1.82) is 0 Å². The van der Waals surface area contributed by atoms with E-state index in [1.165, 1.54) is 41.1 Å². The molecule has 0 spiro atoms. The Hall–Kier alpha value is -3.22. The fraction of sp³-hybridized carbons (Fsp3) is 0.467. The Balaban J connectivity index is 1.55. The number of aromatic nitrogens is 1. The first-order valence-corrected chi connectivity index (χ1v) is 16.4. The number of carbonyl (C=O) groups is 1. The van der Waals surface area contributed by atoms with Crippen LogP contribution < -0.4 is 18.5 Å². The second-order valence-electron chi connectivity index (χ2n) is 11.9. The summed E-state index contributed by atoms with van der Waals surface area (Å²) in [5, 5.41) is 0.602. The number of rotatable bonds is 9. The number of likely N-dealkylation sites (tertiary alicyclic amines) is 1. The molecule has 2 aromatic carbocycles. The van der Waals surface area contributed by atoms with Gasteiger partial charge in [-0.05, 0) is 51.1 Å². The summed E-state index contributed by atoms with van der Waals surface area (Å²) in [6.07, 6.45) is 1.45. The Labute approximate surface area is 262 Å². The van der Waals surface area contributed by atoms with Gasteiger partial charge in [0.15, 0.2) is 0 Å². The quantitative estimate of drug-likeness (QED) is 0.254. The molecule has 2 heterocycles. The van der Waals surface area contributed by atoms with Gasteiger partial charge in [0, 0.05) is 36.6 Å². The number of benzene rings is 2. The van der Waals surface area contributed by atoms with Crippen LogP contribution in [0.15, 0.2) is 53.0 Å². The lowest BCUT2D eigenvalue weighted by Crippen LogP contribution is -2.53. The van der Waals surface area contributed by atoms with Crippen molar-refractivity contribution in [3.63, 3.8) is 0 Å². The fourth-order valence-electron chi connectivity index (χ4n) is 4.81. The van der Waals surface area contributed by atoms with Crippen molar-refractivity contribution < 1.29 is 32.2 Å². The minimum atomic E-state index is -4.07. The highest BCUT2D eigenvalue weighted by Gasteiger charge is 2.41. The summed E-state index contributed by atoms with van der Waals surface area (Å²) in [6, 6.07) is 9.67. The van der Waals surface area contributed by atoms with E-state index in [1.807, 2.05) is 34.6 Å². The highest BCUT2D eigenvalue weighted by atomic mass is 35.5. The number of sulfonamides is 1. The summed E-state index contributed by atoms with van der Waals surface area (Å²) in [5.74, 6) is 1.45. The van der Waals surface area contributed by atoms with E-state index >= 15 is 0 Å². The van der Waals surface area contributed by atoms with Gasteiger partial charge in [-0.25, -0.2) is 13.2 Å². The lowest BCUT2D eigenvalue weighted by molar-refractivity contribution is -0.0280. The third-order valence-corrected chi connectivity index (χ3v) is 9.98. The lowest BCUT2D eigenvalue weighted by atomic mass is 9.81. The number of piperidine rings is 1. The molecule has 0 saturated carbocycles. The van der Waals surface area contributed by atoms with Crippen LogP contribution in [-0.2, 0) is 21.3 Å². The molecular formula is C30H38ClN3O7S2. The summed E-state index contributed by atoms with van der Waals surface area (Å²) >= 11 is 7.84. The third-order valence-electron chi connectivity index (χ3n) is 7.02. The van der Waals surface area contributed by atoms with Crippen LogP contribution in [0.5, 0.6) is 17.2 Å². The number of halogens is 1. The van der Waals surface area contributed by atoms with Crippen molar-refractivity contribution >= 4 is 44.1 Å². The highest BCUT2D eigenvalue weighted by molar-refractivity contribution is 7.93. The van der Waals surface area contributed by atoms with Crippen LogP contribution in [0.4, 0.5) is 9.80 Å². The molecule has 1 unspecified atom stereocenters. The molecule has 10 nitrogen and oxygen atoms in total. The van der Waals surface area contributed by atoms with Gasteiger partial charge in [-0.1, -0.05) is 25.4 Å². The minimum absolute atomic E-state index is 0.00201. The maximum atomic E-state index is 14.0. The minimum Gasteiger partial charge on any atom is -0.497 e. The topological polar surface area (TPSA) is 108 Å². The summed E-state index contributed by atoms with van der Waals surface area (Å²) in [5.41, 5.74) is 1.22. The number of carbonyl (C=O) groups excluding carboxylic acids is 1. The molecule has 1 amide bonds. The van der Waals surface area contributed by atoms with E-state index in [0.717, 1.165) is 0 Å². The van der Waals surface area contributed by atoms with E-state index in [9.17, 15) is 13.2 Å². The fourth-order valence-corrected chi connectivity index (χ4v) is 7.41. The third kappa shape index (κ3) is 7.66. The summed E-state index contributed by atoms with van der Waals surface area (Å²) in [6.45, 7) is 10.4. The predicted octanol–water partition coefficient (Wildman–Crippen LogP) is 6.62. The van der Waals surface area contributed by atoms with Gasteiger partial charge in [-0.15, -0.1) is 11.3 Å². The number of hydrogen-bond acceptors (Lipinski definition) is 9. The Kier molecular flexibility index (Phi) is 9.72. The van der Waals surface area contributed by atoms with Gasteiger partial charge in [0.2, 0.25) is 0 Å². The molecule has 1 aromatic heterocycles. The van der Waals surface area contributed by atoms with E-state index in [0.29, 0.717) is 47.3 Å². The van der Waals surface area contributed by atoms with Gasteiger partial charge in [0.05, 0.1) is 42.4 Å². The number of ether oxygens (including phenoxy) is 4. The first-order chi connectivity index (χ1) is 20.1. The number of methoxy groups -OCH3 is 2. The second kappa shape index (κ2) is 12.8. The van der Waals surface area contributed by atoms with Gasteiger partial charge in [0.25, 0.3) is 10.0 Å². The lowest BCUT2D eigenvalue weighted by Gasteiger charge is -2.44. The SMILES string of the molecule is COc1ccc(CN(c2cncs2)S(=O)(=O)c2ccc(OC3CCN(C(=O)OC(C)(C)C)CC3(C)C)c(Cl)c2)c(OC)c1. The molecule has 1 atom stereocenters. The molecule has 3 aromatic rings. The van der Waals surface area contributed by atoms with Gasteiger partial charge < -0.3 is 23.8 Å². The molecule has 43 heavy (non-hydrogen) atoms. The Morgan fingerprint density at radius 3 is 2.47 bits per heavy atom. The number of thiazole rings is 1. The summed E-state index contributed by atoms with van der Waals surface area (Å²) in [7, 11) is -1.00. The largest absolute Gasteiger partial charge is 0.497 e. The Bertz CT molecular complexity index is 1540. The Morgan fingerprint density at radius 2 is 1.88 bits per heavy atom. The standard InChI is InChI=1S/C30H38ClN3O7S2/c1-29(2,3)41-28(35)33-13-12-26(30(4,5)18-33)40-24-11-10-22(15-23(24)31)43(36,37)34(27-16-32-19-42-27)17-20-8-9-21(38-6)14-25(20)39-7/h8-11,14-16,19,26H,12-13,17-18H2,1-7H3. The van der Waals surface area contributed by atoms with E-state index in [2.05, 4.69) is 4.98 Å². The number of anilines is 1. The molecule has 1 aliphatic heterocycles. The zero-order valence-electron chi connectivity index (χ0n) is 25.4. The average Bonchev–Trinajstić information content (AvgIpc) is 3.46. The molecule has 1 fully saturated rings. The van der Waals surface area contributed by atoms with E-state index < -0.39 is 21.0 Å². The molecular weight excluding hydrogens is 614 g/mol. The average molecular weight is 652 g/mol. The molecule has 0 bridgehead atoms. The number of nitrogens with zero attached hydrogens (tertiary/aromatic N) is 3. The van der Waals surface area contributed by atoms with E-state index in [1.54, 1.807) is 41.8 Å². The molecule has 0 aliphatic carbocycles. The van der Waals surface area contributed by atoms with Gasteiger partial charge in [-0.2, -0.15) is 0 Å². The smallest absolute Gasteiger partial charge is 0.410 e. The van der Waals surface area contributed by atoms with Crippen LogP contribution in [0.1, 0.15) is 46.6 Å². The van der Waals surface area contributed by atoms with Crippen LogP contribution in [0, 0.1) is 5.41 Å². The normalized spacial score (nSPS) is 16.8. The summed E-state index contributed by atoms with van der Waals surface area (Å²) < 4.78 is 51.9.